The maximum absolute atomic E-state index is 12.6. The van der Waals surface area contributed by atoms with Gasteiger partial charge in [0.1, 0.15) is 5.75 Å². The standard InChI is InChI=1S/C24H28BrN3O3S/c1-2-13-31-21-12-11-17(15-20(21)25)23(30)28-24(32)27-19-10-6-7-16(14-19)22(29)26-18-8-4-3-5-9-18/h6-7,10-12,14-15,18H,2-5,8-9,13H2,1H3,(H,26,29)(H2,27,28,30,32). The van der Waals surface area contributed by atoms with Crippen molar-refractivity contribution in [1.29, 1.82) is 0 Å². The number of rotatable bonds is 7. The summed E-state index contributed by atoms with van der Waals surface area (Å²) in [6.45, 7) is 2.64. The van der Waals surface area contributed by atoms with Gasteiger partial charge >= 0.3 is 0 Å². The molecule has 0 aromatic heterocycles. The van der Waals surface area contributed by atoms with E-state index in [1.807, 2.05) is 6.92 Å². The first kappa shape index (κ1) is 24.2. The number of anilines is 1. The van der Waals surface area contributed by atoms with Crippen molar-refractivity contribution in [2.45, 2.75) is 51.5 Å². The largest absolute Gasteiger partial charge is 0.492 e. The molecule has 0 spiro atoms. The first-order valence-corrected chi connectivity index (χ1v) is 12.1. The molecule has 0 bridgehead atoms. The first-order chi connectivity index (χ1) is 15.5. The number of carbonyl (C=O) groups is 2. The molecule has 3 N–H and O–H groups in total. The van der Waals surface area contributed by atoms with Gasteiger partial charge in [-0.05, 0) is 83.8 Å². The van der Waals surface area contributed by atoms with Crippen molar-refractivity contribution in [2.24, 2.45) is 0 Å². The quantitative estimate of drug-likeness (QED) is 0.427. The van der Waals surface area contributed by atoms with Crippen molar-refractivity contribution < 1.29 is 14.3 Å². The Labute approximate surface area is 202 Å². The van der Waals surface area contributed by atoms with Gasteiger partial charge in [-0.1, -0.05) is 32.3 Å². The van der Waals surface area contributed by atoms with Crippen molar-refractivity contribution in [3.8, 4) is 5.75 Å². The molecular weight excluding hydrogens is 490 g/mol. The van der Waals surface area contributed by atoms with Crippen LogP contribution in [0.15, 0.2) is 46.9 Å². The molecule has 2 aromatic rings. The molecule has 0 saturated heterocycles. The van der Waals surface area contributed by atoms with E-state index >= 15 is 0 Å². The van der Waals surface area contributed by atoms with Crippen LogP contribution in [0.1, 0.15) is 66.2 Å². The van der Waals surface area contributed by atoms with Gasteiger partial charge in [0.2, 0.25) is 0 Å². The van der Waals surface area contributed by atoms with Crippen molar-refractivity contribution in [3.05, 3.63) is 58.1 Å². The number of hydrogen-bond acceptors (Lipinski definition) is 4. The maximum atomic E-state index is 12.6. The Bertz CT molecular complexity index is 977. The summed E-state index contributed by atoms with van der Waals surface area (Å²) in [4.78, 5) is 25.1. The molecular formula is C24H28BrN3O3S. The lowest BCUT2D eigenvalue weighted by Gasteiger charge is -2.22. The molecule has 0 radical (unpaired) electrons. The summed E-state index contributed by atoms with van der Waals surface area (Å²) in [6, 6.07) is 12.5. The van der Waals surface area contributed by atoms with E-state index in [2.05, 4.69) is 31.9 Å². The highest BCUT2D eigenvalue weighted by Gasteiger charge is 2.17. The van der Waals surface area contributed by atoms with Gasteiger partial charge < -0.3 is 15.4 Å². The number of benzene rings is 2. The summed E-state index contributed by atoms with van der Waals surface area (Å²) < 4.78 is 6.31. The molecule has 0 aliphatic heterocycles. The zero-order chi connectivity index (χ0) is 22.9. The van der Waals surface area contributed by atoms with E-state index in [1.165, 1.54) is 6.42 Å². The molecule has 6 nitrogen and oxygen atoms in total. The fraction of sp³-hybridized carbons (Fsp3) is 0.375. The lowest BCUT2D eigenvalue weighted by Crippen LogP contribution is -2.36. The summed E-state index contributed by atoms with van der Waals surface area (Å²) in [7, 11) is 0. The van der Waals surface area contributed by atoms with Crippen LogP contribution in [0.25, 0.3) is 0 Å². The predicted molar refractivity (Wildman–Crippen MR) is 134 cm³/mol. The molecule has 1 fully saturated rings. The highest BCUT2D eigenvalue weighted by atomic mass is 79.9. The van der Waals surface area contributed by atoms with Crippen LogP contribution in [-0.4, -0.2) is 29.6 Å². The molecule has 1 aliphatic carbocycles. The molecule has 2 aromatic carbocycles. The van der Waals surface area contributed by atoms with Crippen LogP contribution < -0.4 is 20.7 Å². The lowest BCUT2D eigenvalue weighted by atomic mass is 9.95. The van der Waals surface area contributed by atoms with Gasteiger partial charge in [0.15, 0.2) is 5.11 Å². The Balaban J connectivity index is 1.56. The van der Waals surface area contributed by atoms with Crippen molar-refractivity contribution in [3.63, 3.8) is 0 Å². The number of amides is 2. The SMILES string of the molecule is CCCOc1ccc(C(=O)NC(=S)Nc2cccc(C(=O)NC3CCCCC3)c2)cc1Br. The lowest BCUT2D eigenvalue weighted by molar-refractivity contribution is 0.0926. The zero-order valence-electron chi connectivity index (χ0n) is 18.1. The summed E-state index contributed by atoms with van der Waals surface area (Å²) in [5.74, 6) is 0.259. The Morgan fingerprint density at radius 2 is 1.81 bits per heavy atom. The van der Waals surface area contributed by atoms with Crippen LogP contribution in [0.4, 0.5) is 5.69 Å². The third-order valence-electron chi connectivity index (χ3n) is 5.21. The summed E-state index contributed by atoms with van der Waals surface area (Å²) in [6.07, 6.45) is 6.51. The summed E-state index contributed by atoms with van der Waals surface area (Å²) in [5, 5.41) is 8.91. The van der Waals surface area contributed by atoms with Crippen molar-refractivity contribution in [1.82, 2.24) is 10.6 Å². The second-order valence-corrected chi connectivity index (χ2v) is 9.05. The molecule has 3 rings (SSSR count). The average molecular weight is 518 g/mol. The van der Waals surface area contributed by atoms with E-state index in [9.17, 15) is 9.59 Å². The average Bonchev–Trinajstić information content (AvgIpc) is 2.79. The molecule has 0 atom stereocenters. The van der Waals surface area contributed by atoms with E-state index in [0.717, 1.165) is 32.1 Å². The van der Waals surface area contributed by atoms with Crippen LogP contribution in [-0.2, 0) is 0 Å². The van der Waals surface area contributed by atoms with Crippen LogP contribution in [0.5, 0.6) is 5.75 Å². The van der Waals surface area contributed by atoms with Crippen molar-refractivity contribution >= 4 is 50.8 Å². The second kappa shape index (κ2) is 12.0. The van der Waals surface area contributed by atoms with Gasteiger partial charge in [-0.25, -0.2) is 0 Å². The molecule has 8 heteroatoms. The summed E-state index contributed by atoms with van der Waals surface area (Å²) >= 11 is 8.72. The number of carbonyl (C=O) groups excluding carboxylic acids is 2. The molecule has 170 valence electrons. The Hall–Kier alpha value is -2.45. The minimum Gasteiger partial charge on any atom is -0.492 e. The smallest absolute Gasteiger partial charge is 0.257 e. The number of thiocarbonyl (C=S) groups is 1. The van der Waals surface area contributed by atoms with Gasteiger partial charge in [-0.3, -0.25) is 14.9 Å². The number of hydrogen-bond donors (Lipinski definition) is 3. The molecule has 0 heterocycles. The van der Waals surface area contributed by atoms with Gasteiger partial charge in [0.25, 0.3) is 11.8 Å². The fourth-order valence-corrected chi connectivity index (χ4v) is 4.27. The van der Waals surface area contributed by atoms with E-state index in [-0.39, 0.29) is 23.0 Å². The van der Waals surface area contributed by atoms with Crippen molar-refractivity contribution in [2.75, 3.05) is 11.9 Å². The van der Waals surface area contributed by atoms with E-state index < -0.39 is 0 Å². The number of ether oxygens (including phenoxy) is 1. The van der Waals surface area contributed by atoms with Gasteiger partial charge in [-0.2, -0.15) is 0 Å². The normalized spacial score (nSPS) is 13.8. The second-order valence-electron chi connectivity index (χ2n) is 7.79. The predicted octanol–water partition coefficient (Wildman–Crippen LogP) is 5.43. The molecule has 1 saturated carbocycles. The van der Waals surface area contributed by atoms with Crippen LogP contribution in [0.2, 0.25) is 0 Å². The maximum Gasteiger partial charge on any atom is 0.257 e. The van der Waals surface area contributed by atoms with Crippen LogP contribution in [0.3, 0.4) is 0 Å². The minimum absolute atomic E-state index is 0.0919. The third-order valence-corrected chi connectivity index (χ3v) is 6.03. The molecule has 32 heavy (non-hydrogen) atoms. The topological polar surface area (TPSA) is 79.5 Å². The van der Waals surface area contributed by atoms with E-state index in [1.54, 1.807) is 42.5 Å². The molecule has 2 amide bonds. The Morgan fingerprint density at radius 1 is 1.06 bits per heavy atom. The molecule has 1 aliphatic rings. The van der Waals surface area contributed by atoms with Gasteiger partial charge in [-0.15, -0.1) is 0 Å². The Morgan fingerprint density at radius 3 is 2.53 bits per heavy atom. The fourth-order valence-electron chi connectivity index (χ4n) is 3.56. The number of nitrogens with one attached hydrogen (secondary N) is 3. The monoisotopic (exact) mass is 517 g/mol. The first-order valence-electron chi connectivity index (χ1n) is 10.9. The summed E-state index contributed by atoms with van der Waals surface area (Å²) in [5.41, 5.74) is 1.64. The van der Waals surface area contributed by atoms with E-state index in [4.69, 9.17) is 17.0 Å². The van der Waals surface area contributed by atoms with E-state index in [0.29, 0.717) is 33.6 Å². The third kappa shape index (κ3) is 7.03. The number of halogens is 1. The molecule has 0 unspecified atom stereocenters. The highest BCUT2D eigenvalue weighted by Crippen LogP contribution is 2.26. The van der Waals surface area contributed by atoms with Crippen LogP contribution >= 0.6 is 28.1 Å². The Kier molecular flexibility index (Phi) is 9.05. The zero-order valence-corrected chi connectivity index (χ0v) is 20.5. The van der Waals surface area contributed by atoms with Gasteiger partial charge in [0, 0.05) is 22.9 Å². The minimum atomic E-state index is -0.337. The van der Waals surface area contributed by atoms with Crippen LogP contribution in [0, 0.1) is 0 Å². The highest BCUT2D eigenvalue weighted by molar-refractivity contribution is 9.10. The van der Waals surface area contributed by atoms with Gasteiger partial charge in [0.05, 0.1) is 11.1 Å².